The number of ether oxygens (including phenoxy) is 1. The van der Waals surface area contributed by atoms with Crippen molar-refractivity contribution in [1.29, 1.82) is 0 Å². The Kier molecular flexibility index (Phi) is 5.17. The Balaban J connectivity index is 1.81. The number of hydrogen-bond acceptors (Lipinski definition) is 2. The molecule has 1 aromatic heterocycles. The van der Waals surface area contributed by atoms with Crippen LogP contribution in [0.15, 0.2) is 42.5 Å². The van der Waals surface area contributed by atoms with Crippen LogP contribution in [0.25, 0.3) is 11.0 Å². The van der Waals surface area contributed by atoms with Gasteiger partial charge in [-0.25, -0.2) is 9.13 Å². The van der Waals surface area contributed by atoms with E-state index >= 15 is 0 Å². The highest BCUT2D eigenvalue weighted by Gasteiger charge is 2.19. The summed E-state index contributed by atoms with van der Waals surface area (Å²) in [5, 5.41) is 1.10. The smallest absolute Gasteiger partial charge is 0.356 e. The maximum Gasteiger partial charge on any atom is 0.356 e. The van der Waals surface area contributed by atoms with Crippen LogP contribution < -0.4 is 15.0 Å². The number of aryl methyl sites for hydroxylation is 1. The Hall–Kier alpha value is -1.91. The number of imidazole rings is 1. The molecule has 1 heterocycles. The molecule has 0 aliphatic heterocycles. The van der Waals surface area contributed by atoms with Crippen molar-refractivity contribution in [3.8, 4) is 5.75 Å². The molecule has 0 unspecified atom stereocenters. The Morgan fingerprint density at radius 2 is 1.96 bits per heavy atom. The lowest BCUT2D eigenvalue weighted by Gasteiger charge is -2.08. The molecule has 0 saturated heterocycles. The fourth-order valence-electron chi connectivity index (χ4n) is 2.85. The first-order valence-corrected chi connectivity index (χ1v) is 8.71. The van der Waals surface area contributed by atoms with E-state index in [-0.39, 0.29) is 0 Å². The van der Waals surface area contributed by atoms with Crippen molar-refractivity contribution in [2.75, 3.05) is 12.3 Å². The van der Waals surface area contributed by atoms with Gasteiger partial charge in [0.15, 0.2) is 0 Å². The van der Waals surface area contributed by atoms with E-state index in [1.807, 2.05) is 12.1 Å². The van der Waals surface area contributed by atoms with Gasteiger partial charge in [-0.1, -0.05) is 42.3 Å². The van der Waals surface area contributed by atoms with E-state index < -0.39 is 0 Å². The fourth-order valence-corrected chi connectivity index (χ4v) is 3.31. The summed E-state index contributed by atoms with van der Waals surface area (Å²) in [5.74, 6) is 1.36. The number of aromatic nitrogens is 2. The molecule has 2 N–H and O–H groups in total. The monoisotopic (exact) mass is 364 g/mol. The zero-order chi connectivity index (χ0) is 17.1. The molecule has 0 fully saturated rings. The summed E-state index contributed by atoms with van der Waals surface area (Å²) in [6.07, 6.45) is 1.03. The van der Waals surface area contributed by atoms with Crippen molar-refractivity contribution in [3.63, 3.8) is 0 Å². The van der Waals surface area contributed by atoms with Crippen molar-refractivity contribution < 1.29 is 9.30 Å². The average Bonchev–Trinajstić information content (AvgIpc) is 2.83. The van der Waals surface area contributed by atoms with E-state index in [1.54, 1.807) is 18.2 Å². The third-order valence-corrected chi connectivity index (χ3v) is 4.46. The van der Waals surface area contributed by atoms with Gasteiger partial charge in [0.25, 0.3) is 0 Å². The number of nitrogens with two attached hydrogens (primary N) is 1. The van der Waals surface area contributed by atoms with Crippen molar-refractivity contribution in [3.05, 3.63) is 52.5 Å². The molecule has 0 aliphatic rings. The van der Waals surface area contributed by atoms with Gasteiger partial charge in [0.2, 0.25) is 0 Å². The molecule has 126 valence electrons. The normalized spacial score (nSPS) is 11.1. The lowest BCUT2D eigenvalue weighted by atomic mass is 10.3. The molecule has 0 bridgehead atoms. The van der Waals surface area contributed by atoms with Crippen LogP contribution in [0.2, 0.25) is 10.0 Å². The summed E-state index contributed by atoms with van der Waals surface area (Å²) in [6.45, 7) is 4.14. The fraction of sp³-hybridized carbons (Fsp3) is 0.278. The minimum Gasteiger partial charge on any atom is -0.489 e. The van der Waals surface area contributed by atoms with Gasteiger partial charge in [-0.15, -0.1) is 0 Å². The number of benzene rings is 2. The predicted octanol–water partition coefficient (Wildman–Crippen LogP) is 4.31. The van der Waals surface area contributed by atoms with Gasteiger partial charge in [-0.2, -0.15) is 0 Å². The number of anilines is 1. The molecule has 0 radical (unpaired) electrons. The standard InChI is InChI=1S/C18H19Cl2N3O/c1-2-9-22-15-5-3-4-6-16(15)23(18(22)21)10-11-24-17-8-7-13(19)12-14(17)20/h3-8,12,21H,2,9-11H2,1H3/p+1. The largest absolute Gasteiger partial charge is 0.489 e. The molecule has 0 amide bonds. The molecule has 0 saturated carbocycles. The molecule has 3 rings (SSSR count). The zero-order valence-electron chi connectivity index (χ0n) is 13.5. The van der Waals surface area contributed by atoms with Crippen LogP contribution in [-0.2, 0) is 13.1 Å². The quantitative estimate of drug-likeness (QED) is 0.662. The lowest BCUT2D eigenvalue weighted by molar-refractivity contribution is -0.657. The van der Waals surface area contributed by atoms with Crippen LogP contribution in [-0.4, -0.2) is 11.2 Å². The predicted molar refractivity (Wildman–Crippen MR) is 98.8 cm³/mol. The number of rotatable bonds is 6. The molecule has 2 aromatic carbocycles. The minimum absolute atomic E-state index is 0.469. The molecular formula is C18H20Cl2N3O+. The molecule has 0 spiro atoms. The van der Waals surface area contributed by atoms with Gasteiger partial charge in [-0.3, -0.25) is 5.73 Å². The first kappa shape index (κ1) is 16.9. The van der Waals surface area contributed by atoms with Crippen LogP contribution in [0, 0.1) is 0 Å². The summed E-state index contributed by atoms with van der Waals surface area (Å²) in [4.78, 5) is 0. The Morgan fingerprint density at radius 1 is 1.17 bits per heavy atom. The first-order valence-electron chi connectivity index (χ1n) is 7.96. The van der Waals surface area contributed by atoms with Crippen LogP contribution in [0.3, 0.4) is 0 Å². The summed E-state index contributed by atoms with van der Waals surface area (Å²) in [5.41, 5.74) is 8.60. The highest BCUT2D eigenvalue weighted by atomic mass is 35.5. The van der Waals surface area contributed by atoms with Crippen LogP contribution in [0.1, 0.15) is 13.3 Å². The highest BCUT2D eigenvalue weighted by molar-refractivity contribution is 6.35. The Bertz CT molecular complexity index is 861. The maximum atomic E-state index is 6.36. The summed E-state index contributed by atoms with van der Waals surface area (Å²) in [7, 11) is 0. The zero-order valence-corrected chi connectivity index (χ0v) is 15.0. The number of halogens is 2. The van der Waals surface area contributed by atoms with Crippen molar-refractivity contribution in [2.24, 2.45) is 0 Å². The van der Waals surface area contributed by atoms with Crippen LogP contribution in [0.5, 0.6) is 5.75 Å². The van der Waals surface area contributed by atoms with Crippen molar-refractivity contribution in [1.82, 2.24) is 4.57 Å². The van der Waals surface area contributed by atoms with E-state index in [1.165, 1.54) is 0 Å². The molecule has 4 nitrogen and oxygen atoms in total. The molecular weight excluding hydrogens is 345 g/mol. The average molecular weight is 365 g/mol. The second-order valence-corrected chi connectivity index (χ2v) is 6.42. The van der Waals surface area contributed by atoms with E-state index in [0.29, 0.717) is 28.9 Å². The number of para-hydroxylation sites is 2. The third kappa shape index (κ3) is 3.30. The lowest BCUT2D eigenvalue weighted by Crippen LogP contribution is -2.36. The summed E-state index contributed by atoms with van der Waals surface area (Å²) < 4.78 is 10.0. The van der Waals surface area contributed by atoms with Gasteiger partial charge in [-0.05, 0) is 36.8 Å². The Labute approximate surface area is 151 Å². The highest BCUT2D eigenvalue weighted by Crippen LogP contribution is 2.27. The van der Waals surface area contributed by atoms with E-state index in [4.69, 9.17) is 33.7 Å². The molecule has 24 heavy (non-hydrogen) atoms. The summed E-state index contributed by atoms with van der Waals surface area (Å²) in [6, 6.07) is 13.4. The van der Waals surface area contributed by atoms with Crippen LogP contribution >= 0.6 is 23.2 Å². The number of fused-ring (bicyclic) bond motifs is 1. The second-order valence-electron chi connectivity index (χ2n) is 5.57. The molecule has 0 aliphatic carbocycles. The van der Waals surface area contributed by atoms with Gasteiger partial charge in [0.05, 0.1) is 11.6 Å². The Morgan fingerprint density at radius 3 is 2.71 bits per heavy atom. The second kappa shape index (κ2) is 7.32. The third-order valence-electron chi connectivity index (χ3n) is 3.93. The van der Waals surface area contributed by atoms with Gasteiger partial charge in [0.1, 0.15) is 29.9 Å². The van der Waals surface area contributed by atoms with Gasteiger partial charge in [0, 0.05) is 5.02 Å². The number of nitrogens with zero attached hydrogens (tertiary/aromatic N) is 2. The van der Waals surface area contributed by atoms with Crippen molar-refractivity contribution in [2.45, 2.75) is 26.4 Å². The SMILES string of the molecule is CCC[n+]1c(N)n(CCOc2ccc(Cl)cc2Cl)c2ccccc21. The number of hydrogen-bond donors (Lipinski definition) is 1. The minimum atomic E-state index is 0.469. The van der Waals surface area contributed by atoms with Crippen molar-refractivity contribution >= 4 is 40.2 Å². The van der Waals surface area contributed by atoms with Gasteiger partial charge >= 0.3 is 5.95 Å². The van der Waals surface area contributed by atoms with E-state index in [0.717, 1.165) is 29.9 Å². The van der Waals surface area contributed by atoms with Gasteiger partial charge < -0.3 is 4.74 Å². The number of nitrogen functional groups attached to an aromatic ring is 1. The maximum absolute atomic E-state index is 6.36. The van der Waals surface area contributed by atoms with E-state index in [9.17, 15) is 0 Å². The molecule has 0 atom stereocenters. The summed E-state index contributed by atoms with van der Waals surface area (Å²) >= 11 is 12.0. The topological polar surface area (TPSA) is 44.1 Å². The molecule has 3 aromatic rings. The van der Waals surface area contributed by atoms with Crippen LogP contribution in [0.4, 0.5) is 5.95 Å². The molecule has 6 heteroatoms. The first-order chi connectivity index (χ1) is 11.6. The van der Waals surface area contributed by atoms with E-state index in [2.05, 4.69) is 28.2 Å².